The molecule has 0 spiro atoms. The molecule has 202 valence electrons. The van der Waals surface area contributed by atoms with Crippen molar-refractivity contribution in [3.05, 3.63) is 70.4 Å². The summed E-state index contributed by atoms with van der Waals surface area (Å²) >= 11 is 0. The zero-order valence-electron chi connectivity index (χ0n) is 23.3. The van der Waals surface area contributed by atoms with E-state index in [1.165, 1.54) is 23.3 Å². The predicted molar refractivity (Wildman–Crippen MR) is 152 cm³/mol. The maximum Gasteiger partial charge on any atom is 0.252 e. The fraction of sp³-hybridized carbons (Fsp3) is 0.419. The Morgan fingerprint density at radius 1 is 1.05 bits per heavy atom. The number of pyridine rings is 1. The Morgan fingerprint density at radius 3 is 2.26 bits per heavy atom. The summed E-state index contributed by atoms with van der Waals surface area (Å²) in [6.07, 6.45) is 1.81. The van der Waals surface area contributed by atoms with Crippen LogP contribution in [0.1, 0.15) is 60.4 Å². The third kappa shape index (κ3) is 6.00. The molecular weight excluding hydrogens is 476 g/mol. The van der Waals surface area contributed by atoms with Crippen LogP contribution in [0.25, 0.3) is 11.3 Å². The zero-order valence-corrected chi connectivity index (χ0v) is 23.3. The van der Waals surface area contributed by atoms with E-state index < -0.39 is 5.91 Å². The highest BCUT2D eigenvalue weighted by Gasteiger charge is 2.23. The minimum absolute atomic E-state index is 0.0663. The zero-order chi connectivity index (χ0) is 27.4. The van der Waals surface area contributed by atoms with Gasteiger partial charge in [0.05, 0.1) is 11.3 Å². The summed E-state index contributed by atoms with van der Waals surface area (Å²) in [6.45, 7) is 15.6. The SMILES string of the molecule is CCc1cccc(CC)c1-c1cc(Oc2ccc(C(N)=O)c(O)c2)c(CN2CCN(C(C)C)CC2)c(C)n1. The molecule has 0 atom stereocenters. The summed E-state index contributed by atoms with van der Waals surface area (Å²) in [6, 6.07) is 13.6. The molecule has 2 aromatic carbocycles. The van der Waals surface area contributed by atoms with Crippen LogP contribution in [0.15, 0.2) is 42.5 Å². The fourth-order valence-corrected chi connectivity index (χ4v) is 5.22. The van der Waals surface area contributed by atoms with Gasteiger partial charge in [0.25, 0.3) is 5.91 Å². The Hall–Kier alpha value is -3.42. The number of nitrogens with two attached hydrogens (primary N) is 1. The Kier molecular flexibility index (Phi) is 8.69. The third-order valence-corrected chi connectivity index (χ3v) is 7.53. The minimum atomic E-state index is -0.680. The first-order valence-electron chi connectivity index (χ1n) is 13.6. The number of aryl methyl sites for hydroxylation is 3. The molecule has 1 amide bonds. The van der Waals surface area contributed by atoms with Crippen molar-refractivity contribution in [3.63, 3.8) is 0 Å². The Balaban J connectivity index is 1.76. The molecule has 3 aromatic rings. The van der Waals surface area contributed by atoms with Gasteiger partial charge in [-0.05, 0) is 56.9 Å². The van der Waals surface area contributed by atoms with Crippen LogP contribution < -0.4 is 10.5 Å². The molecule has 1 fully saturated rings. The second-order valence-electron chi connectivity index (χ2n) is 10.3. The number of ether oxygens (including phenoxy) is 1. The van der Waals surface area contributed by atoms with Crippen molar-refractivity contribution in [2.75, 3.05) is 26.2 Å². The molecule has 0 aliphatic carbocycles. The Bertz CT molecular complexity index is 1270. The van der Waals surface area contributed by atoms with Crippen LogP contribution in [0.5, 0.6) is 17.2 Å². The summed E-state index contributed by atoms with van der Waals surface area (Å²) in [5.74, 6) is 0.268. The van der Waals surface area contributed by atoms with Gasteiger partial charge in [-0.25, -0.2) is 0 Å². The number of carbonyl (C=O) groups excluding carboxylic acids is 1. The monoisotopic (exact) mass is 516 g/mol. The largest absolute Gasteiger partial charge is 0.507 e. The number of hydrogen-bond donors (Lipinski definition) is 2. The standard InChI is InChI=1S/C31H40N4O3/c1-6-22-9-8-10-23(7-2)30(22)27-18-29(38-24-11-12-25(31(32)37)28(36)17-24)26(21(5)33-27)19-34-13-15-35(16-14-34)20(3)4/h8-12,17-18,20,36H,6-7,13-16,19H2,1-5H3,(H2,32,37). The highest BCUT2D eigenvalue weighted by molar-refractivity contribution is 5.95. The van der Waals surface area contributed by atoms with Crippen LogP contribution in [-0.4, -0.2) is 58.0 Å². The van der Waals surface area contributed by atoms with Crippen LogP contribution in [0.2, 0.25) is 0 Å². The molecule has 0 radical (unpaired) electrons. The molecule has 38 heavy (non-hydrogen) atoms. The van der Waals surface area contributed by atoms with Crippen LogP contribution in [0.3, 0.4) is 0 Å². The second-order valence-corrected chi connectivity index (χ2v) is 10.3. The van der Waals surface area contributed by atoms with E-state index in [0.717, 1.165) is 68.1 Å². The van der Waals surface area contributed by atoms with E-state index in [4.69, 9.17) is 15.5 Å². The number of nitrogens with zero attached hydrogens (tertiary/aromatic N) is 3. The lowest BCUT2D eigenvalue weighted by Crippen LogP contribution is -2.48. The molecule has 2 heterocycles. The summed E-state index contributed by atoms with van der Waals surface area (Å²) in [5.41, 5.74) is 11.9. The normalized spacial score (nSPS) is 14.7. The molecule has 0 saturated carbocycles. The van der Waals surface area contributed by atoms with E-state index >= 15 is 0 Å². The predicted octanol–water partition coefficient (Wildman–Crippen LogP) is 5.30. The smallest absolute Gasteiger partial charge is 0.252 e. The topological polar surface area (TPSA) is 91.9 Å². The molecule has 1 aliphatic rings. The lowest BCUT2D eigenvalue weighted by molar-refractivity contribution is 0.0997. The third-order valence-electron chi connectivity index (χ3n) is 7.53. The molecule has 1 saturated heterocycles. The van der Waals surface area contributed by atoms with Crippen molar-refractivity contribution >= 4 is 5.91 Å². The number of amides is 1. The first kappa shape index (κ1) is 27.6. The number of aromatic nitrogens is 1. The van der Waals surface area contributed by atoms with Crippen molar-refractivity contribution in [3.8, 4) is 28.5 Å². The van der Waals surface area contributed by atoms with Gasteiger partial charge in [0, 0.05) is 67.7 Å². The van der Waals surface area contributed by atoms with E-state index in [0.29, 0.717) is 17.5 Å². The maximum atomic E-state index is 11.6. The number of hydrogen-bond acceptors (Lipinski definition) is 6. The number of phenols is 1. The summed E-state index contributed by atoms with van der Waals surface area (Å²) < 4.78 is 6.43. The van der Waals surface area contributed by atoms with Crippen LogP contribution in [0, 0.1) is 6.92 Å². The van der Waals surface area contributed by atoms with Gasteiger partial charge in [-0.2, -0.15) is 0 Å². The van der Waals surface area contributed by atoms with Crippen molar-refractivity contribution < 1.29 is 14.6 Å². The van der Waals surface area contributed by atoms with Gasteiger partial charge in [0.15, 0.2) is 0 Å². The van der Waals surface area contributed by atoms with Gasteiger partial charge in [-0.3, -0.25) is 19.6 Å². The number of aromatic hydroxyl groups is 1. The van der Waals surface area contributed by atoms with Gasteiger partial charge in [-0.1, -0.05) is 32.0 Å². The summed E-state index contributed by atoms with van der Waals surface area (Å²) in [5, 5.41) is 10.4. The number of carbonyl (C=O) groups is 1. The Labute approximate surface area is 226 Å². The first-order chi connectivity index (χ1) is 18.2. The van der Waals surface area contributed by atoms with Crippen LogP contribution >= 0.6 is 0 Å². The molecule has 7 nitrogen and oxygen atoms in total. The summed E-state index contributed by atoms with van der Waals surface area (Å²) in [7, 11) is 0. The molecule has 0 unspecified atom stereocenters. The second kappa shape index (κ2) is 12.0. The van der Waals surface area contributed by atoms with E-state index in [1.807, 2.05) is 13.0 Å². The molecule has 1 aromatic heterocycles. The van der Waals surface area contributed by atoms with E-state index in [1.54, 1.807) is 6.07 Å². The van der Waals surface area contributed by atoms with Gasteiger partial charge < -0.3 is 15.6 Å². The maximum absolute atomic E-state index is 11.6. The van der Waals surface area contributed by atoms with Crippen molar-refractivity contribution in [1.29, 1.82) is 0 Å². The molecule has 7 heteroatoms. The number of piperazine rings is 1. The molecule has 1 aliphatic heterocycles. The number of rotatable bonds is 9. The van der Waals surface area contributed by atoms with E-state index in [-0.39, 0.29) is 11.3 Å². The average Bonchev–Trinajstić information content (AvgIpc) is 2.90. The molecular formula is C31H40N4O3. The highest BCUT2D eigenvalue weighted by atomic mass is 16.5. The number of primary amides is 1. The lowest BCUT2D eigenvalue weighted by Gasteiger charge is -2.37. The Morgan fingerprint density at radius 2 is 1.71 bits per heavy atom. The average molecular weight is 517 g/mol. The van der Waals surface area contributed by atoms with Gasteiger partial charge in [0.1, 0.15) is 17.2 Å². The van der Waals surface area contributed by atoms with Gasteiger partial charge in [-0.15, -0.1) is 0 Å². The van der Waals surface area contributed by atoms with Crippen molar-refractivity contribution in [1.82, 2.24) is 14.8 Å². The number of benzene rings is 2. The van der Waals surface area contributed by atoms with E-state index in [9.17, 15) is 9.90 Å². The molecule has 0 bridgehead atoms. The minimum Gasteiger partial charge on any atom is -0.507 e. The van der Waals surface area contributed by atoms with Gasteiger partial charge in [0.2, 0.25) is 0 Å². The summed E-state index contributed by atoms with van der Waals surface area (Å²) in [4.78, 5) is 21.6. The molecule has 4 rings (SSSR count). The van der Waals surface area contributed by atoms with Crippen molar-refractivity contribution in [2.45, 2.75) is 60.0 Å². The quantitative estimate of drug-likeness (QED) is 0.401. The first-order valence-corrected chi connectivity index (χ1v) is 13.6. The highest BCUT2D eigenvalue weighted by Crippen LogP contribution is 2.36. The van der Waals surface area contributed by atoms with E-state index in [2.05, 4.69) is 55.7 Å². The molecule has 3 N–H and O–H groups in total. The van der Waals surface area contributed by atoms with Crippen molar-refractivity contribution in [2.24, 2.45) is 5.73 Å². The van der Waals surface area contributed by atoms with Gasteiger partial charge >= 0.3 is 0 Å². The van der Waals surface area contributed by atoms with Crippen LogP contribution in [-0.2, 0) is 19.4 Å². The lowest BCUT2D eigenvalue weighted by atomic mass is 9.94. The van der Waals surface area contributed by atoms with Crippen LogP contribution in [0.4, 0.5) is 0 Å². The fourth-order valence-electron chi connectivity index (χ4n) is 5.22.